The molecule has 1 saturated heterocycles. The molecule has 0 radical (unpaired) electrons. The Morgan fingerprint density at radius 3 is 2.28 bits per heavy atom. The van der Waals surface area contributed by atoms with Crippen LogP contribution in [0.1, 0.15) is 52.1 Å². The summed E-state index contributed by atoms with van der Waals surface area (Å²) < 4.78 is 11.6. The van der Waals surface area contributed by atoms with Crippen molar-refractivity contribution < 1.29 is 9.47 Å². The van der Waals surface area contributed by atoms with E-state index in [1.807, 2.05) is 11.6 Å². The lowest BCUT2D eigenvalue weighted by molar-refractivity contribution is 0.168. The minimum absolute atomic E-state index is 0.0313. The summed E-state index contributed by atoms with van der Waals surface area (Å²) in [7, 11) is 3.44. The van der Waals surface area contributed by atoms with Gasteiger partial charge >= 0.3 is 0 Å². The molecule has 1 aromatic heterocycles. The first-order valence-corrected chi connectivity index (χ1v) is 13.6. The smallest absolute Gasteiger partial charge is 0.165 e. The van der Waals surface area contributed by atoms with Gasteiger partial charge in [-0.2, -0.15) is 0 Å². The summed E-state index contributed by atoms with van der Waals surface area (Å²) in [5.74, 6) is 2.17. The van der Waals surface area contributed by atoms with Crippen LogP contribution in [-0.4, -0.2) is 37.2 Å². The van der Waals surface area contributed by atoms with Crippen molar-refractivity contribution in [1.82, 2.24) is 9.88 Å². The van der Waals surface area contributed by atoms with Gasteiger partial charge in [0.15, 0.2) is 11.5 Å². The van der Waals surface area contributed by atoms with Crippen molar-refractivity contribution in [1.29, 1.82) is 0 Å². The molecule has 1 unspecified atom stereocenters. The summed E-state index contributed by atoms with van der Waals surface area (Å²) in [6.45, 7) is 2.03. The normalized spacial score (nSPS) is 15.5. The number of hydrogen-bond acceptors (Lipinski definition) is 5. The quantitative estimate of drug-likeness (QED) is 0.251. The van der Waals surface area contributed by atoms with E-state index < -0.39 is 0 Å². The molecule has 5 heteroatoms. The predicted octanol–water partition coefficient (Wildman–Crippen LogP) is 6.91. The molecule has 0 aliphatic carbocycles. The molecule has 0 saturated carbocycles. The molecular weight excluding hydrogens is 464 g/mol. The Hall–Kier alpha value is -3.15. The van der Waals surface area contributed by atoms with E-state index in [4.69, 9.17) is 14.5 Å². The number of likely N-dealkylation sites (tertiary alicyclic amines) is 1. The average molecular weight is 499 g/mol. The summed E-state index contributed by atoms with van der Waals surface area (Å²) in [5.41, 5.74) is 7.09. The molecule has 1 aliphatic heterocycles. The van der Waals surface area contributed by atoms with Gasteiger partial charge < -0.3 is 9.47 Å². The van der Waals surface area contributed by atoms with Crippen LogP contribution in [0.2, 0.25) is 0 Å². The Labute approximate surface area is 218 Å². The second-order valence-electron chi connectivity index (χ2n) is 9.35. The van der Waals surface area contributed by atoms with Gasteiger partial charge in [-0.15, -0.1) is 11.3 Å². The minimum atomic E-state index is 0.0313. The number of thiazole rings is 1. The first-order valence-electron chi connectivity index (χ1n) is 12.7. The molecule has 1 aliphatic rings. The fourth-order valence-electron chi connectivity index (χ4n) is 5.45. The van der Waals surface area contributed by atoms with Gasteiger partial charge in [0.05, 0.1) is 31.5 Å². The molecule has 0 amide bonds. The summed E-state index contributed by atoms with van der Waals surface area (Å²) in [6, 6.07) is 27.9. The minimum Gasteiger partial charge on any atom is -0.493 e. The number of rotatable bonds is 9. The predicted molar refractivity (Wildman–Crippen MR) is 147 cm³/mol. The van der Waals surface area contributed by atoms with Crippen LogP contribution in [-0.2, 0) is 12.8 Å². The first kappa shape index (κ1) is 24.5. The van der Waals surface area contributed by atoms with E-state index in [0.717, 1.165) is 61.5 Å². The maximum Gasteiger partial charge on any atom is 0.165 e. The molecule has 1 atom stereocenters. The average Bonchev–Trinajstić information content (AvgIpc) is 3.41. The van der Waals surface area contributed by atoms with Crippen molar-refractivity contribution in [3.63, 3.8) is 0 Å². The molecular formula is C31H34N2O2S. The molecule has 3 aromatic carbocycles. The molecule has 0 N–H and O–H groups in total. The molecule has 4 aromatic rings. The van der Waals surface area contributed by atoms with Crippen LogP contribution in [0.5, 0.6) is 11.5 Å². The second-order valence-corrected chi connectivity index (χ2v) is 10.3. The number of hydrogen-bond donors (Lipinski definition) is 0. The summed E-state index contributed by atoms with van der Waals surface area (Å²) >= 11 is 1.77. The van der Waals surface area contributed by atoms with E-state index >= 15 is 0 Å². The van der Waals surface area contributed by atoms with Crippen molar-refractivity contribution in [3.05, 3.63) is 112 Å². The number of para-hydroxylation sites is 1. The third kappa shape index (κ3) is 5.32. The van der Waals surface area contributed by atoms with Gasteiger partial charge in [-0.05, 0) is 61.9 Å². The maximum atomic E-state index is 5.92. The lowest BCUT2D eigenvalue weighted by Crippen LogP contribution is -2.37. The van der Waals surface area contributed by atoms with Gasteiger partial charge in [-0.25, -0.2) is 4.98 Å². The Kier molecular flexibility index (Phi) is 7.99. The fraction of sp³-hybridized carbons (Fsp3) is 0.323. The number of ether oxygens (including phenoxy) is 2. The molecule has 0 bridgehead atoms. The van der Waals surface area contributed by atoms with Crippen molar-refractivity contribution in [2.75, 3.05) is 27.3 Å². The zero-order valence-corrected chi connectivity index (χ0v) is 21.9. The Balaban J connectivity index is 1.46. The van der Waals surface area contributed by atoms with Crippen LogP contribution < -0.4 is 9.47 Å². The van der Waals surface area contributed by atoms with Crippen molar-refractivity contribution in [3.8, 4) is 11.5 Å². The van der Waals surface area contributed by atoms with Gasteiger partial charge in [0.25, 0.3) is 0 Å². The third-order valence-electron chi connectivity index (χ3n) is 7.31. The number of aromatic nitrogens is 1. The Morgan fingerprint density at radius 1 is 0.861 bits per heavy atom. The van der Waals surface area contributed by atoms with Crippen molar-refractivity contribution in [2.24, 2.45) is 0 Å². The topological polar surface area (TPSA) is 34.6 Å². The SMILES string of the molecule is COc1cccc(C(c2ncsc2CCc2ccccc2)N2CCC(c3ccccc3)CC2)c1OC. The van der Waals surface area contributed by atoms with Crippen molar-refractivity contribution >= 4 is 11.3 Å². The third-order valence-corrected chi connectivity index (χ3v) is 8.22. The van der Waals surface area contributed by atoms with E-state index in [2.05, 4.69) is 77.7 Å². The Bertz CT molecular complexity index is 1230. The van der Waals surface area contributed by atoms with Crippen LogP contribution in [0.4, 0.5) is 0 Å². The van der Waals surface area contributed by atoms with Crippen LogP contribution in [0.3, 0.4) is 0 Å². The first-order chi connectivity index (χ1) is 17.8. The van der Waals surface area contributed by atoms with Gasteiger partial charge in [-0.3, -0.25) is 4.90 Å². The summed E-state index contributed by atoms with van der Waals surface area (Å²) in [6.07, 6.45) is 4.26. The molecule has 1 fully saturated rings. The Morgan fingerprint density at radius 2 is 1.58 bits per heavy atom. The van der Waals surface area contributed by atoms with Crippen LogP contribution >= 0.6 is 11.3 Å². The van der Waals surface area contributed by atoms with Gasteiger partial charge in [0.2, 0.25) is 0 Å². The highest BCUT2D eigenvalue weighted by Crippen LogP contribution is 2.43. The standard InChI is InChI=1S/C31H34N2O2S/c1-34-27-15-9-14-26(31(27)35-2)30(33-20-18-25(19-21-33)24-12-7-4-8-13-24)29-28(36-22-32-29)17-16-23-10-5-3-6-11-23/h3-15,22,25,30H,16-21H2,1-2H3. The second kappa shape index (κ2) is 11.7. The highest BCUT2D eigenvalue weighted by molar-refractivity contribution is 7.09. The largest absolute Gasteiger partial charge is 0.493 e. The number of benzene rings is 3. The molecule has 0 spiro atoms. The van der Waals surface area contributed by atoms with Gasteiger partial charge in [0, 0.05) is 10.4 Å². The highest BCUT2D eigenvalue weighted by atomic mass is 32.1. The van der Waals surface area contributed by atoms with Crippen LogP contribution in [0.25, 0.3) is 0 Å². The molecule has 5 rings (SSSR count). The highest BCUT2D eigenvalue weighted by Gasteiger charge is 2.33. The van der Waals surface area contributed by atoms with E-state index in [0.29, 0.717) is 5.92 Å². The van der Waals surface area contributed by atoms with E-state index in [1.165, 1.54) is 16.0 Å². The maximum absolute atomic E-state index is 5.92. The summed E-state index contributed by atoms with van der Waals surface area (Å²) in [4.78, 5) is 8.91. The van der Waals surface area contributed by atoms with Crippen LogP contribution in [0, 0.1) is 0 Å². The van der Waals surface area contributed by atoms with Gasteiger partial charge in [-0.1, -0.05) is 72.8 Å². The number of methoxy groups -OCH3 is 2. The molecule has 2 heterocycles. The van der Waals surface area contributed by atoms with Gasteiger partial charge in [0.1, 0.15) is 0 Å². The molecule has 36 heavy (non-hydrogen) atoms. The van der Waals surface area contributed by atoms with E-state index in [-0.39, 0.29) is 6.04 Å². The molecule has 4 nitrogen and oxygen atoms in total. The monoisotopic (exact) mass is 498 g/mol. The zero-order chi connectivity index (χ0) is 24.7. The van der Waals surface area contributed by atoms with Crippen LogP contribution in [0.15, 0.2) is 84.4 Å². The zero-order valence-electron chi connectivity index (χ0n) is 21.1. The number of piperidine rings is 1. The summed E-state index contributed by atoms with van der Waals surface area (Å²) in [5, 5.41) is 0. The fourth-order valence-corrected chi connectivity index (χ4v) is 6.25. The lowest BCUT2D eigenvalue weighted by atomic mass is 9.87. The van der Waals surface area contributed by atoms with E-state index in [1.54, 1.807) is 25.6 Å². The lowest BCUT2D eigenvalue weighted by Gasteiger charge is -2.38. The van der Waals surface area contributed by atoms with E-state index in [9.17, 15) is 0 Å². The number of aryl methyl sites for hydroxylation is 2. The number of nitrogens with zero attached hydrogens (tertiary/aromatic N) is 2. The van der Waals surface area contributed by atoms with Crippen molar-refractivity contribution in [2.45, 2.75) is 37.6 Å². The molecule has 186 valence electrons.